The largest absolute Gasteiger partial charge is 0.478 e. The van der Waals surface area contributed by atoms with Crippen molar-refractivity contribution in [3.63, 3.8) is 0 Å². The second-order valence-corrected chi connectivity index (χ2v) is 5.32. The summed E-state index contributed by atoms with van der Waals surface area (Å²) >= 11 is 0. The summed E-state index contributed by atoms with van der Waals surface area (Å²) in [6.07, 6.45) is 0. The molecule has 3 rings (SSSR count). The number of aromatic carboxylic acids is 1. The summed E-state index contributed by atoms with van der Waals surface area (Å²) in [6, 6.07) is 15.5. The molecular weight excluding hydrogens is 262 g/mol. The van der Waals surface area contributed by atoms with Crippen molar-refractivity contribution in [2.24, 2.45) is 0 Å². The van der Waals surface area contributed by atoms with Crippen LogP contribution in [-0.4, -0.2) is 15.6 Å². The lowest BCUT2D eigenvalue weighted by molar-refractivity contribution is 0.0697. The second-order valence-electron chi connectivity index (χ2n) is 5.32. The quantitative estimate of drug-likeness (QED) is 0.787. The maximum absolute atomic E-state index is 11.2. The number of hydrogen-bond acceptors (Lipinski definition) is 1. The summed E-state index contributed by atoms with van der Waals surface area (Å²) in [7, 11) is 0. The minimum absolute atomic E-state index is 0.328. The van der Waals surface area contributed by atoms with Crippen LogP contribution in [0.25, 0.3) is 10.9 Å². The fourth-order valence-corrected chi connectivity index (χ4v) is 2.75. The van der Waals surface area contributed by atoms with Gasteiger partial charge in [-0.1, -0.05) is 36.4 Å². The van der Waals surface area contributed by atoms with Crippen LogP contribution in [-0.2, 0) is 6.54 Å². The van der Waals surface area contributed by atoms with E-state index in [9.17, 15) is 9.90 Å². The first-order valence-corrected chi connectivity index (χ1v) is 6.94. The third-order valence-electron chi connectivity index (χ3n) is 4.07. The average molecular weight is 279 g/mol. The standard InChI is InChI=1S/C18H17NO2/c1-12-13(2)19(11-14-6-4-3-5-7-14)17-10-15(18(20)21)8-9-16(12)17/h3-10H,11H2,1-2H3,(H,20,21). The van der Waals surface area contributed by atoms with Crippen LogP contribution >= 0.6 is 0 Å². The van der Waals surface area contributed by atoms with Gasteiger partial charge in [-0.3, -0.25) is 0 Å². The lowest BCUT2D eigenvalue weighted by atomic mass is 10.1. The highest BCUT2D eigenvalue weighted by molar-refractivity contribution is 5.95. The summed E-state index contributed by atoms with van der Waals surface area (Å²) in [6.45, 7) is 4.92. The highest BCUT2D eigenvalue weighted by Gasteiger charge is 2.13. The molecule has 0 spiro atoms. The van der Waals surface area contributed by atoms with Crippen LogP contribution in [0.4, 0.5) is 0 Å². The molecule has 0 radical (unpaired) electrons. The molecule has 0 bridgehead atoms. The van der Waals surface area contributed by atoms with Gasteiger partial charge in [-0.15, -0.1) is 0 Å². The van der Waals surface area contributed by atoms with Crippen LogP contribution in [0.2, 0.25) is 0 Å². The van der Waals surface area contributed by atoms with E-state index in [0.717, 1.165) is 17.4 Å². The highest BCUT2D eigenvalue weighted by atomic mass is 16.4. The van der Waals surface area contributed by atoms with Crippen LogP contribution in [0.5, 0.6) is 0 Å². The van der Waals surface area contributed by atoms with Crippen molar-refractivity contribution in [3.8, 4) is 0 Å². The van der Waals surface area contributed by atoms with Gasteiger partial charge in [-0.05, 0) is 37.1 Å². The molecule has 0 atom stereocenters. The topological polar surface area (TPSA) is 42.2 Å². The highest BCUT2D eigenvalue weighted by Crippen LogP contribution is 2.27. The van der Waals surface area contributed by atoms with Gasteiger partial charge in [0.25, 0.3) is 0 Å². The van der Waals surface area contributed by atoms with Crippen molar-refractivity contribution < 1.29 is 9.90 Å². The Morgan fingerprint density at radius 2 is 1.81 bits per heavy atom. The lowest BCUT2D eigenvalue weighted by Crippen LogP contribution is -2.03. The van der Waals surface area contributed by atoms with Crippen LogP contribution in [0, 0.1) is 13.8 Å². The van der Waals surface area contributed by atoms with Gasteiger partial charge in [0.1, 0.15) is 0 Å². The number of carbonyl (C=O) groups is 1. The molecule has 0 amide bonds. The van der Waals surface area contributed by atoms with E-state index in [2.05, 4.69) is 30.5 Å². The van der Waals surface area contributed by atoms with E-state index in [1.807, 2.05) is 24.3 Å². The van der Waals surface area contributed by atoms with E-state index in [1.165, 1.54) is 16.8 Å². The van der Waals surface area contributed by atoms with E-state index in [4.69, 9.17) is 0 Å². The van der Waals surface area contributed by atoms with E-state index in [0.29, 0.717) is 5.56 Å². The van der Waals surface area contributed by atoms with Gasteiger partial charge >= 0.3 is 5.97 Å². The number of carboxylic acids is 1. The zero-order valence-corrected chi connectivity index (χ0v) is 12.1. The first-order chi connectivity index (χ1) is 10.1. The molecule has 2 aromatic carbocycles. The van der Waals surface area contributed by atoms with Crippen molar-refractivity contribution >= 4 is 16.9 Å². The van der Waals surface area contributed by atoms with E-state index >= 15 is 0 Å². The fraction of sp³-hybridized carbons (Fsp3) is 0.167. The monoisotopic (exact) mass is 279 g/mol. The third-order valence-corrected chi connectivity index (χ3v) is 4.07. The number of aromatic nitrogens is 1. The van der Waals surface area contributed by atoms with Gasteiger partial charge in [0.15, 0.2) is 0 Å². The molecule has 0 aliphatic heterocycles. The predicted octanol–water partition coefficient (Wildman–Crippen LogP) is 4.00. The SMILES string of the molecule is Cc1c(C)n(Cc2ccccc2)c2cc(C(=O)O)ccc12. The maximum atomic E-state index is 11.2. The smallest absolute Gasteiger partial charge is 0.335 e. The Morgan fingerprint density at radius 1 is 1.10 bits per heavy atom. The van der Waals surface area contributed by atoms with Crippen LogP contribution in [0.3, 0.4) is 0 Å². The summed E-state index contributed by atoms with van der Waals surface area (Å²) in [5.74, 6) is -0.889. The molecule has 0 aliphatic carbocycles. The minimum atomic E-state index is -0.889. The van der Waals surface area contributed by atoms with Gasteiger partial charge in [0, 0.05) is 23.1 Å². The van der Waals surface area contributed by atoms with Crippen molar-refractivity contribution in [1.29, 1.82) is 0 Å². The van der Waals surface area contributed by atoms with Gasteiger partial charge in [0.2, 0.25) is 0 Å². The third kappa shape index (κ3) is 2.31. The molecule has 21 heavy (non-hydrogen) atoms. The predicted molar refractivity (Wildman–Crippen MR) is 83.9 cm³/mol. The summed E-state index contributed by atoms with van der Waals surface area (Å²) < 4.78 is 2.19. The number of rotatable bonds is 3. The Balaban J connectivity index is 2.18. The molecule has 1 aromatic heterocycles. The van der Waals surface area contributed by atoms with Crippen LogP contribution in [0.15, 0.2) is 48.5 Å². The van der Waals surface area contributed by atoms with Crippen molar-refractivity contribution in [2.75, 3.05) is 0 Å². The molecule has 0 fully saturated rings. The zero-order valence-electron chi connectivity index (χ0n) is 12.1. The summed E-state index contributed by atoms with van der Waals surface area (Å²) in [5, 5.41) is 10.3. The van der Waals surface area contributed by atoms with Gasteiger partial charge < -0.3 is 9.67 Å². The molecule has 0 unspecified atom stereocenters. The van der Waals surface area contributed by atoms with Crippen LogP contribution in [0.1, 0.15) is 27.2 Å². The normalized spacial score (nSPS) is 11.0. The molecular formula is C18H17NO2. The maximum Gasteiger partial charge on any atom is 0.335 e. The number of carboxylic acid groups (broad SMARTS) is 1. The van der Waals surface area contributed by atoms with E-state index in [1.54, 1.807) is 12.1 Å². The average Bonchev–Trinajstić information content (AvgIpc) is 2.73. The first kappa shape index (κ1) is 13.4. The molecule has 3 heteroatoms. The zero-order chi connectivity index (χ0) is 15.0. The molecule has 1 heterocycles. The Kier molecular flexibility index (Phi) is 3.26. The van der Waals surface area contributed by atoms with Crippen molar-refractivity contribution in [1.82, 2.24) is 4.57 Å². The van der Waals surface area contributed by atoms with Gasteiger partial charge in [-0.25, -0.2) is 4.79 Å². The minimum Gasteiger partial charge on any atom is -0.478 e. The van der Waals surface area contributed by atoms with Crippen molar-refractivity contribution in [3.05, 3.63) is 70.9 Å². The van der Waals surface area contributed by atoms with E-state index < -0.39 is 5.97 Å². The molecule has 3 nitrogen and oxygen atoms in total. The number of aryl methyl sites for hydroxylation is 1. The van der Waals surface area contributed by atoms with Gasteiger partial charge in [0.05, 0.1) is 5.56 Å². The molecule has 0 aliphatic rings. The molecule has 106 valence electrons. The number of benzene rings is 2. The Hall–Kier alpha value is -2.55. The summed E-state index contributed by atoms with van der Waals surface area (Å²) in [5.41, 5.74) is 4.90. The first-order valence-electron chi connectivity index (χ1n) is 6.94. The number of fused-ring (bicyclic) bond motifs is 1. The molecule has 0 saturated heterocycles. The molecule has 0 saturated carbocycles. The lowest BCUT2D eigenvalue weighted by Gasteiger charge is -2.09. The van der Waals surface area contributed by atoms with Gasteiger partial charge in [-0.2, -0.15) is 0 Å². The molecule has 3 aromatic rings. The second kappa shape index (κ2) is 5.09. The number of hydrogen-bond donors (Lipinski definition) is 1. The van der Waals surface area contributed by atoms with Crippen molar-refractivity contribution in [2.45, 2.75) is 20.4 Å². The summed E-state index contributed by atoms with van der Waals surface area (Å²) in [4.78, 5) is 11.2. The Morgan fingerprint density at radius 3 is 2.48 bits per heavy atom. The van der Waals surface area contributed by atoms with Crippen LogP contribution < -0.4 is 0 Å². The molecule has 1 N–H and O–H groups in total. The Bertz CT molecular complexity index is 816. The number of nitrogens with zero attached hydrogens (tertiary/aromatic N) is 1. The van der Waals surface area contributed by atoms with E-state index in [-0.39, 0.29) is 0 Å². The fourth-order valence-electron chi connectivity index (χ4n) is 2.75. The Labute approximate surface area is 123 Å².